The van der Waals surface area contributed by atoms with Crippen molar-refractivity contribution in [3.63, 3.8) is 0 Å². The molecule has 0 bridgehead atoms. The Morgan fingerprint density at radius 2 is 1.91 bits per heavy atom. The van der Waals surface area contributed by atoms with Gasteiger partial charge in [-0.1, -0.05) is 0 Å². The van der Waals surface area contributed by atoms with Gasteiger partial charge in [-0.05, 0) is 31.4 Å². The average molecular weight is 170 g/mol. The number of Topliss-reactive ketones (excluding diaryl/α,β-unsaturated/α-hetero) is 1. The third-order valence-corrected chi connectivity index (χ3v) is 4.62. The van der Waals surface area contributed by atoms with E-state index in [4.69, 9.17) is 0 Å². The highest BCUT2D eigenvalue weighted by Crippen LogP contribution is 2.47. The zero-order valence-electron chi connectivity index (χ0n) is 6.77. The van der Waals surface area contributed by atoms with Crippen LogP contribution in [0, 0.1) is 0 Å². The second kappa shape index (κ2) is 2.81. The molecule has 0 N–H and O–H groups in total. The van der Waals surface area contributed by atoms with Crippen LogP contribution in [-0.2, 0) is 4.79 Å². The Hall–Kier alpha value is 0.0200. The van der Waals surface area contributed by atoms with Gasteiger partial charge in [-0.15, -0.1) is 0 Å². The molecule has 0 aromatic heterocycles. The van der Waals surface area contributed by atoms with E-state index in [0.717, 1.165) is 25.7 Å². The van der Waals surface area contributed by atoms with Crippen molar-refractivity contribution in [1.82, 2.24) is 0 Å². The van der Waals surface area contributed by atoms with Gasteiger partial charge in [-0.25, -0.2) is 0 Å². The Morgan fingerprint density at radius 1 is 1.18 bits per heavy atom. The van der Waals surface area contributed by atoms with Crippen LogP contribution < -0.4 is 0 Å². The maximum Gasteiger partial charge on any atom is 0.133 e. The van der Waals surface area contributed by atoms with Gasteiger partial charge < -0.3 is 0 Å². The molecule has 1 aliphatic heterocycles. The van der Waals surface area contributed by atoms with Crippen LogP contribution in [0.25, 0.3) is 0 Å². The molecule has 0 atom stereocenters. The second-order valence-electron chi connectivity index (χ2n) is 3.67. The maximum atomic E-state index is 11.0. The fourth-order valence-corrected chi connectivity index (χ4v) is 3.64. The molecule has 62 valence electrons. The monoisotopic (exact) mass is 170 g/mol. The molecule has 2 heteroatoms. The summed E-state index contributed by atoms with van der Waals surface area (Å²) < 4.78 is 0.550. The van der Waals surface area contributed by atoms with Gasteiger partial charge in [0.05, 0.1) is 0 Å². The van der Waals surface area contributed by atoms with Crippen LogP contribution in [0.1, 0.15) is 38.5 Å². The first-order chi connectivity index (χ1) is 5.31. The fourth-order valence-electron chi connectivity index (χ4n) is 2.13. The van der Waals surface area contributed by atoms with Gasteiger partial charge in [-0.3, -0.25) is 4.79 Å². The molecule has 1 saturated carbocycles. The topological polar surface area (TPSA) is 17.1 Å². The van der Waals surface area contributed by atoms with Crippen molar-refractivity contribution in [2.24, 2.45) is 0 Å². The van der Waals surface area contributed by atoms with Gasteiger partial charge in [0, 0.05) is 17.6 Å². The third kappa shape index (κ3) is 1.46. The number of carbonyl (C=O) groups excluding carboxylic acids is 1. The molecule has 0 radical (unpaired) electrons. The van der Waals surface area contributed by atoms with Gasteiger partial charge in [-0.2, -0.15) is 11.8 Å². The highest BCUT2D eigenvalue weighted by molar-refractivity contribution is 8.00. The largest absolute Gasteiger partial charge is 0.300 e. The molecule has 1 saturated heterocycles. The molecule has 2 aliphatic rings. The number of thioether (sulfide) groups is 1. The molecule has 1 heterocycles. The average Bonchev–Trinajstić information content (AvgIpc) is 2.45. The number of hydrogen-bond acceptors (Lipinski definition) is 2. The van der Waals surface area contributed by atoms with E-state index in [-0.39, 0.29) is 0 Å². The van der Waals surface area contributed by atoms with Crippen molar-refractivity contribution in [2.75, 3.05) is 5.75 Å². The van der Waals surface area contributed by atoms with Crippen LogP contribution >= 0.6 is 11.8 Å². The lowest BCUT2D eigenvalue weighted by atomic mass is 9.85. The molecular formula is C9H14OS. The van der Waals surface area contributed by atoms with Crippen molar-refractivity contribution in [2.45, 2.75) is 43.3 Å². The first kappa shape index (κ1) is 7.66. The number of carbonyl (C=O) groups is 1. The standard InChI is InChI=1S/C9H14OS/c10-8-2-5-9(6-3-8)4-1-7-11-9/h1-7H2. The summed E-state index contributed by atoms with van der Waals surface area (Å²) in [5, 5.41) is 0. The van der Waals surface area contributed by atoms with Crippen molar-refractivity contribution in [1.29, 1.82) is 0 Å². The van der Waals surface area contributed by atoms with E-state index < -0.39 is 0 Å². The van der Waals surface area contributed by atoms with E-state index in [1.807, 2.05) is 0 Å². The lowest BCUT2D eigenvalue weighted by Crippen LogP contribution is -2.28. The van der Waals surface area contributed by atoms with E-state index >= 15 is 0 Å². The smallest absolute Gasteiger partial charge is 0.133 e. The number of rotatable bonds is 0. The molecule has 11 heavy (non-hydrogen) atoms. The minimum atomic E-state index is 0.489. The van der Waals surface area contributed by atoms with Crippen LogP contribution in [0.4, 0.5) is 0 Å². The van der Waals surface area contributed by atoms with Crippen molar-refractivity contribution < 1.29 is 4.79 Å². The quantitative estimate of drug-likeness (QED) is 0.555. The maximum absolute atomic E-state index is 11.0. The van der Waals surface area contributed by atoms with Crippen molar-refractivity contribution >= 4 is 17.5 Å². The molecule has 0 amide bonds. The Morgan fingerprint density at radius 3 is 2.45 bits per heavy atom. The fraction of sp³-hybridized carbons (Fsp3) is 0.889. The summed E-state index contributed by atoms with van der Waals surface area (Å²) in [7, 11) is 0. The highest BCUT2D eigenvalue weighted by Gasteiger charge is 2.37. The summed E-state index contributed by atoms with van der Waals surface area (Å²) in [4.78, 5) is 11.0. The summed E-state index contributed by atoms with van der Waals surface area (Å²) in [6, 6.07) is 0. The van der Waals surface area contributed by atoms with Crippen LogP contribution in [-0.4, -0.2) is 16.3 Å². The molecule has 2 fully saturated rings. The number of ketones is 1. The second-order valence-corrected chi connectivity index (χ2v) is 5.24. The van der Waals surface area contributed by atoms with E-state index in [9.17, 15) is 4.79 Å². The Balaban J connectivity index is 1.99. The van der Waals surface area contributed by atoms with E-state index in [1.165, 1.54) is 18.6 Å². The molecule has 1 spiro atoms. The molecule has 0 aromatic carbocycles. The summed E-state index contributed by atoms with van der Waals surface area (Å²) >= 11 is 2.12. The summed E-state index contributed by atoms with van der Waals surface area (Å²) in [5.41, 5.74) is 0. The molecule has 0 aromatic rings. The Bertz CT molecular complexity index is 158. The molecule has 1 aliphatic carbocycles. The summed E-state index contributed by atoms with van der Waals surface area (Å²) in [6.45, 7) is 0. The summed E-state index contributed by atoms with van der Waals surface area (Å²) in [6.07, 6.45) is 6.77. The van der Waals surface area contributed by atoms with Gasteiger partial charge >= 0.3 is 0 Å². The first-order valence-corrected chi connectivity index (χ1v) is 5.45. The molecule has 1 nitrogen and oxygen atoms in total. The zero-order valence-corrected chi connectivity index (χ0v) is 7.58. The van der Waals surface area contributed by atoms with Gasteiger partial charge in [0.1, 0.15) is 5.78 Å². The SMILES string of the molecule is O=C1CCC2(CCCS2)CC1. The van der Waals surface area contributed by atoms with Crippen LogP contribution in [0.5, 0.6) is 0 Å². The van der Waals surface area contributed by atoms with Gasteiger partial charge in [0.15, 0.2) is 0 Å². The van der Waals surface area contributed by atoms with Crippen LogP contribution in [0.15, 0.2) is 0 Å². The third-order valence-electron chi connectivity index (χ3n) is 2.90. The molecule has 0 unspecified atom stereocenters. The predicted molar refractivity (Wildman–Crippen MR) is 47.9 cm³/mol. The van der Waals surface area contributed by atoms with Crippen molar-refractivity contribution in [3.05, 3.63) is 0 Å². The summed E-state index contributed by atoms with van der Waals surface area (Å²) in [5.74, 6) is 1.82. The van der Waals surface area contributed by atoms with E-state index in [2.05, 4.69) is 11.8 Å². The first-order valence-electron chi connectivity index (χ1n) is 4.46. The molecular weight excluding hydrogens is 156 g/mol. The normalized spacial score (nSPS) is 29.6. The Labute approximate surface area is 71.9 Å². The van der Waals surface area contributed by atoms with Crippen molar-refractivity contribution in [3.8, 4) is 0 Å². The Kier molecular flexibility index (Phi) is 1.96. The minimum absolute atomic E-state index is 0.489. The molecule has 2 rings (SSSR count). The highest BCUT2D eigenvalue weighted by atomic mass is 32.2. The van der Waals surface area contributed by atoms with Crippen LogP contribution in [0.3, 0.4) is 0 Å². The lowest BCUT2D eigenvalue weighted by Gasteiger charge is -2.31. The van der Waals surface area contributed by atoms with Gasteiger partial charge in [0.25, 0.3) is 0 Å². The predicted octanol–water partition coefficient (Wildman–Crippen LogP) is 2.40. The number of hydrogen-bond donors (Lipinski definition) is 0. The lowest BCUT2D eigenvalue weighted by molar-refractivity contribution is -0.120. The van der Waals surface area contributed by atoms with Gasteiger partial charge in [0.2, 0.25) is 0 Å². The van der Waals surface area contributed by atoms with Crippen LogP contribution in [0.2, 0.25) is 0 Å². The van der Waals surface area contributed by atoms with E-state index in [0.29, 0.717) is 10.5 Å². The zero-order chi connectivity index (χ0) is 7.73. The minimum Gasteiger partial charge on any atom is -0.300 e. The van der Waals surface area contributed by atoms with E-state index in [1.54, 1.807) is 0 Å².